The van der Waals surface area contributed by atoms with E-state index in [1.807, 2.05) is 67.5 Å². The van der Waals surface area contributed by atoms with Crippen LogP contribution in [0.4, 0.5) is 17.1 Å². The maximum Gasteiger partial charge on any atom is 0.227 e. The highest BCUT2D eigenvalue weighted by atomic mass is 16.3. The van der Waals surface area contributed by atoms with Crippen LogP contribution >= 0.6 is 0 Å². The van der Waals surface area contributed by atoms with Crippen LogP contribution in [0.5, 0.6) is 0 Å². The first-order valence-electron chi connectivity index (χ1n) is 17.0. The molecule has 4 aromatic carbocycles. The van der Waals surface area contributed by atoms with Gasteiger partial charge in [0.25, 0.3) is 0 Å². The first-order valence-corrected chi connectivity index (χ1v) is 17.0. The van der Waals surface area contributed by atoms with Gasteiger partial charge in [0.2, 0.25) is 5.71 Å². The number of fused-ring (bicyclic) bond motifs is 5. The van der Waals surface area contributed by atoms with Crippen LogP contribution in [0.1, 0.15) is 0 Å². The van der Waals surface area contributed by atoms with E-state index in [9.17, 15) is 0 Å². The Kier molecular flexibility index (Phi) is 6.99. The van der Waals surface area contributed by atoms with Crippen LogP contribution in [0.15, 0.2) is 175 Å². The third kappa shape index (κ3) is 5.28. The lowest BCUT2D eigenvalue weighted by Gasteiger charge is -2.26. The molecule has 10 rings (SSSR count). The van der Waals surface area contributed by atoms with Crippen molar-refractivity contribution in [3.8, 4) is 33.8 Å². The second-order valence-electron chi connectivity index (χ2n) is 12.7. The Morgan fingerprint density at radius 2 is 0.942 bits per heavy atom. The van der Waals surface area contributed by atoms with Crippen molar-refractivity contribution in [1.29, 1.82) is 0 Å². The summed E-state index contributed by atoms with van der Waals surface area (Å²) >= 11 is 0. The summed E-state index contributed by atoms with van der Waals surface area (Å²) in [5, 5.41) is 6.34. The van der Waals surface area contributed by atoms with Gasteiger partial charge in [0.05, 0.1) is 17.1 Å². The zero-order valence-electron chi connectivity index (χ0n) is 27.8. The summed E-state index contributed by atoms with van der Waals surface area (Å²) in [4.78, 5) is 25.0. The largest absolute Gasteiger partial charge is 0.438 e. The Labute approximate surface area is 298 Å². The van der Waals surface area contributed by atoms with Gasteiger partial charge in [-0.05, 0) is 89.6 Å². The Hall–Kier alpha value is -7.25. The number of para-hydroxylation sites is 1. The van der Waals surface area contributed by atoms with Gasteiger partial charge in [-0.2, -0.15) is 0 Å². The van der Waals surface area contributed by atoms with E-state index in [2.05, 4.69) is 118 Å². The third-order valence-corrected chi connectivity index (χ3v) is 9.55. The molecule has 0 aliphatic carbocycles. The van der Waals surface area contributed by atoms with E-state index in [0.29, 0.717) is 5.71 Å². The van der Waals surface area contributed by atoms with E-state index in [-0.39, 0.29) is 0 Å². The maximum atomic E-state index is 6.08. The summed E-state index contributed by atoms with van der Waals surface area (Å²) in [6, 6.07) is 46.0. The molecule has 0 radical (unpaired) electrons. The van der Waals surface area contributed by atoms with Crippen LogP contribution in [0.25, 0.3) is 77.4 Å². The maximum absolute atomic E-state index is 6.08. The number of hydrogen-bond acceptors (Lipinski definition) is 7. The number of nitrogens with zero attached hydrogens (tertiary/aromatic N) is 6. The first-order chi connectivity index (χ1) is 25.7. The van der Waals surface area contributed by atoms with E-state index in [0.717, 1.165) is 88.7 Å². The first kappa shape index (κ1) is 29.6. The number of pyridine rings is 5. The van der Waals surface area contributed by atoms with Gasteiger partial charge in [0.1, 0.15) is 5.58 Å². The topological polar surface area (TPSA) is 80.8 Å². The van der Waals surface area contributed by atoms with Gasteiger partial charge in [-0.15, -0.1) is 0 Å². The van der Waals surface area contributed by atoms with Crippen molar-refractivity contribution in [1.82, 2.24) is 24.9 Å². The molecule has 0 saturated carbocycles. The zero-order chi connectivity index (χ0) is 34.4. The molecule has 0 amide bonds. The van der Waals surface area contributed by atoms with Gasteiger partial charge < -0.3 is 9.32 Å². The molecule has 52 heavy (non-hydrogen) atoms. The summed E-state index contributed by atoms with van der Waals surface area (Å²) < 4.78 is 6.08. The van der Waals surface area contributed by atoms with Crippen LogP contribution in [-0.2, 0) is 0 Å². The number of rotatable bonds is 6. The SMILES string of the molecule is c1ccc2c(c1)oc1nc(-c3ccc(N(c4ccc(-c5cc6ccncc6cn5)cc4)c4ccc(-c5cc6ccncc6cn5)cc4)cc3)ccc12. The van der Waals surface area contributed by atoms with Crippen molar-refractivity contribution in [2.24, 2.45) is 0 Å². The van der Waals surface area contributed by atoms with E-state index in [1.54, 1.807) is 0 Å². The Morgan fingerprint density at radius 1 is 0.423 bits per heavy atom. The van der Waals surface area contributed by atoms with Crippen molar-refractivity contribution in [2.75, 3.05) is 4.90 Å². The Morgan fingerprint density at radius 3 is 1.50 bits per heavy atom. The average Bonchev–Trinajstić information content (AvgIpc) is 3.59. The summed E-state index contributed by atoms with van der Waals surface area (Å²) in [5.74, 6) is 0. The minimum atomic E-state index is 0.639. The van der Waals surface area contributed by atoms with E-state index in [4.69, 9.17) is 19.4 Å². The molecule has 0 saturated heterocycles. The van der Waals surface area contributed by atoms with Crippen LogP contribution in [0, 0.1) is 0 Å². The molecule has 0 spiro atoms. The molecule has 6 aromatic heterocycles. The third-order valence-electron chi connectivity index (χ3n) is 9.55. The number of furan rings is 1. The lowest BCUT2D eigenvalue weighted by atomic mass is 10.1. The summed E-state index contributed by atoms with van der Waals surface area (Å²) in [6.07, 6.45) is 11.1. The molecule has 0 fully saturated rings. The molecule has 7 nitrogen and oxygen atoms in total. The van der Waals surface area contributed by atoms with Gasteiger partial charge in [-0.25, -0.2) is 4.98 Å². The zero-order valence-corrected chi connectivity index (χ0v) is 27.8. The van der Waals surface area contributed by atoms with Crippen molar-refractivity contribution in [2.45, 2.75) is 0 Å². The molecular weight excluding hydrogens is 641 g/mol. The fourth-order valence-corrected chi connectivity index (χ4v) is 6.83. The molecule has 6 heterocycles. The van der Waals surface area contributed by atoms with Gasteiger partial charge >= 0.3 is 0 Å². The smallest absolute Gasteiger partial charge is 0.227 e. The molecule has 244 valence electrons. The molecule has 0 aliphatic rings. The van der Waals surface area contributed by atoms with Crippen LogP contribution in [-0.4, -0.2) is 24.9 Å². The standard InChI is InChI=1S/C45H28N6O/c1-2-4-44-39(3-1)40-17-18-41(50-45(40)52-44)29-5-11-36(12-6-29)51(37-13-7-30(8-14-37)42-23-32-19-21-46-25-34(32)27-48-42)38-15-9-31(10-16-38)43-24-33-20-22-47-26-35(33)28-49-43/h1-28H. The van der Waals surface area contributed by atoms with Gasteiger partial charge in [0, 0.05) is 92.5 Å². The second-order valence-corrected chi connectivity index (χ2v) is 12.7. The average molecular weight is 669 g/mol. The normalized spacial score (nSPS) is 11.5. The fourth-order valence-electron chi connectivity index (χ4n) is 6.83. The minimum Gasteiger partial charge on any atom is -0.438 e. The highest BCUT2D eigenvalue weighted by molar-refractivity contribution is 6.04. The van der Waals surface area contributed by atoms with Gasteiger partial charge in [-0.1, -0.05) is 54.6 Å². The van der Waals surface area contributed by atoms with Crippen molar-refractivity contribution < 1.29 is 4.42 Å². The summed E-state index contributed by atoms with van der Waals surface area (Å²) in [6.45, 7) is 0. The molecule has 0 unspecified atom stereocenters. The molecule has 7 heteroatoms. The number of hydrogen-bond donors (Lipinski definition) is 0. The lowest BCUT2D eigenvalue weighted by Crippen LogP contribution is -2.09. The van der Waals surface area contributed by atoms with Crippen LogP contribution in [0.3, 0.4) is 0 Å². The fraction of sp³-hybridized carbons (Fsp3) is 0. The van der Waals surface area contributed by atoms with Gasteiger partial charge in [-0.3, -0.25) is 19.9 Å². The second kappa shape index (κ2) is 12.3. The Balaban J connectivity index is 1.02. The lowest BCUT2D eigenvalue weighted by molar-refractivity contribution is 0.654. The van der Waals surface area contributed by atoms with E-state index in [1.165, 1.54) is 0 Å². The molecule has 0 N–H and O–H groups in total. The predicted molar refractivity (Wildman–Crippen MR) is 209 cm³/mol. The summed E-state index contributed by atoms with van der Waals surface area (Å²) in [5.41, 5.74) is 10.3. The highest BCUT2D eigenvalue weighted by Gasteiger charge is 2.15. The quantitative estimate of drug-likeness (QED) is 0.174. The van der Waals surface area contributed by atoms with Crippen molar-refractivity contribution >= 4 is 60.7 Å². The van der Waals surface area contributed by atoms with E-state index < -0.39 is 0 Å². The van der Waals surface area contributed by atoms with E-state index >= 15 is 0 Å². The van der Waals surface area contributed by atoms with Crippen LogP contribution < -0.4 is 4.90 Å². The molecule has 0 bridgehead atoms. The molecule has 0 atom stereocenters. The highest BCUT2D eigenvalue weighted by Crippen LogP contribution is 2.38. The minimum absolute atomic E-state index is 0.639. The number of anilines is 3. The molecule has 10 aromatic rings. The Bertz CT molecular complexity index is 2780. The number of benzene rings is 4. The summed E-state index contributed by atoms with van der Waals surface area (Å²) in [7, 11) is 0. The van der Waals surface area contributed by atoms with Crippen molar-refractivity contribution in [3.63, 3.8) is 0 Å². The van der Waals surface area contributed by atoms with Gasteiger partial charge in [0.15, 0.2) is 0 Å². The van der Waals surface area contributed by atoms with Crippen LogP contribution in [0.2, 0.25) is 0 Å². The predicted octanol–water partition coefficient (Wildman–Crippen LogP) is 11.3. The van der Waals surface area contributed by atoms with Crippen molar-refractivity contribution in [3.05, 3.63) is 171 Å². The molecular formula is C45H28N6O. The molecule has 0 aliphatic heterocycles. The number of aromatic nitrogens is 5. The monoisotopic (exact) mass is 668 g/mol.